The van der Waals surface area contributed by atoms with Crippen LogP contribution in [0.1, 0.15) is 17.0 Å². The number of alkyl halides is 3. The van der Waals surface area contributed by atoms with Crippen LogP contribution < -0.4 is 4.74 Å². The van der Waals surface area contributed by atoms with E-state index in [1.54, 1.807) is 42.5 Å². The second-order valence-corrected chi connectivity index (χ2v) is 7.89. The Labute approximate surface area is 217 Å². The zero-order valence-electron chi connectivity index (χ0n) is 19.5. The maximum Gasteiger partial charge on any atom is 0.416 e. The first-order valence-electron chi connectivity index (χ1n) is 10.9. The lowest BCUT2D eigenvalue weighted by Gasteiger charge is -2.10. The number of aromatic nitrogens is 2. The van der Waals surface area contributed by atoms with E-state index in [9.17, 15) is 23.3 Å². The Kier molecular flexibility index (Phi) is 7.22. The minimum Gasteiger partial charge on any atom is -0.508 e. The summed E-state index contributed by atoms with van der Waals surface area (Å²) in [5.74, 6) is 0.0785. The summed E-state index contributed by atoms with van der Waals surface area (Å²) in [6.07, 6.45) is -4.70. The molecular formula is C27H14F3N5O4. The summed E-state index contributed by atoms with van der Waals surface area (Å²) in [6, 6.07) is 21.8. The standard InChI is InChI=1S/C17H8F3N3O3.C10H6N2O/c18-17(19,20)11-2-6-16(15(8-11)23(24)25)26-13-4-5-14-10(7-13)1-3-12(9-21)22-14;11-6-8-2-1-7-5-9(13)3-4-10(7)12-8/h1-8H;1-5,13H. The van der Waals surface area contributed by atoms with Crippen molar-refractivity contribution in [3.05, 3.63) is 106 Å². The van der Waals surface area contributed by atoms with Crippen LogP contribution in [0.4, 0.5) is 18.9 Å². The second kappa shape index (κ2) is 10.7. The van der Waals surface area contributed by atoms with Crippen LogP contribution in [0, 0.1) is 32.8 Å². The summed E-state index contributed by atoms with van der Waals surface area (Å²) in [5, 5.41) is 39.1. The van der Waals surface area contributed by atoms with Gasteiger partial charge in [-0.25, -0.2) is 9.97 Å². The number of nitro groups is 1. The van der Waals surface area contributed by atoms with Crippen molar-refractivity contribution in [1.82, 2.24) is 9.97 Å². The molecule has 0 amide bonds. The Morgan fingerprint density at radius 3 is 1.97 bits per heavy atom. The molecule has 0 aliphatic rings. The second-order valence-electron chi connectivity index (χ2n) is 7.89. The highest BCUT2D eigenvalue weighted by Gasteiger charge is 2.33. The lowest BCUT2D eigenvalue weighted by molar-refractivity contribution is -0.385. The third kappa shape index (κ3) is 6.15. The fourth-order valence-corrected chi connectivity index (χ4v) is 3.45. The first-order valence-corrected chi connectivity index (χ1v) is 10.9. The highest BCUT2D eigenvalue weighted by Crippen LogP contribution is 2.38. The van der Waals surface area contributed by atoms with E-state index in [0.29, 0.717) is 28.7 Å². The van der Waals surface area contributed by atoms with Gasteiger partial charge in [0.2, 0.25) is 5.75 Å². The molecule has 0 atom stereocenters. The molecule has 0 saturated heterocycles. The van der Waals surface area contributed by atoms with Crippen LogP contribution in [0.5, 0.6) is 17.2 Å². The van der Waals surface area contributed by atoms with Crippen molar-refractivity contribution in [1.29, 1.82) is 10.5 Å². The van der Waals surface area contributed by atoms with E-state index in [4.69, 9.17) is 20.4 Å². The van der Waals surface area contributed by atoms with Crippen molar-refractivity contribution >= 4 is 27.5 Å². The van der Waals surface area contributed by atoms with Crippen LogP contribution in [0.15, 0.2) is 78.9 Å². The highest BCUT2D eigenvalue weighted by molar-refractivity contribution is 5.81. The molecule has 0 aliphatic heterocycles. The molecule has 192 valence electrons. The van der Waals surface area contributed by atoms with Gasteiger partial charge in [0.15, 0.2) is 0 Å². The number of nitro benzene ring substituents is 1. The van der Waals surface area contributed by atoms with Gasteiger partial charge in [-0.05, 0) is 72.8 Å². The number of aromatic hydroxyl groups is 1. The van der Waals surface area contributed by atoms with Crippen molar-refractivity contribution in [3.63, 3.8) is 0 Å². The van der Waals surface area contributed by atoms with Crippen LogP contribution in [0.25, 0.3) is 21.8 Å². The number of phenols is 1. The van der Waals surface area contributed by atoms with Gasteiger partial charge in [-0.3, -0.25) is 10.1 Å². The van der Waals surface area contributed by atoms with Gasteiger partial charge in [-0.1, -0.05) is 0 Å². The van der Waals surface area contributed by atoms with Crippen molar-refractivity contribution in [3.8, 4) is 29.4 Å². The molecule has 0 bridgehead atoms. The predicted octanol–water partition coefficient (Wildman–Crippen LogP) is 6.64. The zero-order chi connectivity index (χ0) is 28.2. The summed E-state index contributed by atoms with van der Waals surface area (Å²) in [4.78, 5) is 18.3. The molecule has 0 spiro atoms. The number of rotatable bonds is 3. The van der Waals surface area contributed by atoms with Gasteiger partial charge in [-0.2, -0.15) is 23.7 Å². The molecule has 5 aromatic rings. The minimum absolute atomic E-state index is 0.187. The summed E-state index contributed by atoms with van der Waals surface area (Å²) in [6.45, 7) is 0. The average Bonchev–Trinajstić information content (AvgIpc) is 2.92. The maximum atomic E-state index is 12.7. The lowest BCUT2D eigenvalue weighted by atomic mass is 10.1. The molecule has 5 rings (SSSR count). The zero-order valence-corrected chi connectivity index (χ0v) is 19.5. The third-order valence-corrected chi connectivity index (χ3v) is 5.27. The van der Waals surface area contributed by atoms with E-state index in [1.165, 1.54) is 18.2 Å². The van der Waals surface area contributed by atoms with E-state index in [0.717, 1.165) is 17.0 Å². The highest BCUT2D eigenvalue weighted by atomic mass is 19.4. The van der Waals surface area contributed by atoms with E-state index >= 15 is 0 Å². The molecule has 12 heteroatoms. The summed E-state index contributed by atoms with van der Waals surface area (Å²) < 4.78 is 43.6. The Bertz CT molecular complexity index is 1810. The lowest BCUT2D eigenvalue weighted by Crippen LogP contribution is -2.06. The maximum absolute atomic E-state index is 12.7. The number of fused-ring (bicyclic) bond motifs is 2. The molecule has 2 aromatic heterocycles. The van der Waals surface area contributed by atoms with Crippen LogP contribution in [-0.4, -0.2) is 20.0 Å². The first-order chi connectivity index (χ1) is 18.6. The van der Waals surface area contributed by atoms with Crippen LogP contribution in [0.3, 0.4) is 0 Å². The van der Waals surface area contributed by atoms with Gasteiger partial charge in [0.05, 0.1) is 21.5 Å². The quantitative estimate of drug-likeness (QED) is 0.202. The number of hydrogen-bond donors (Lipinski definition) is 1. The van der Waals surface area contributed by atoms with Gasteiger partial charge in [0.1, 0.15) is 35.0 Å². The molecule has 3 aromatic carbocycles. The molecule has 0 radical (unpaired) electrons. The third-order valence-electron chi connectivity index (χ3n) is 5.27. The average molecular weight is 529 g/mol. The van der Waals surface area contributed by atoms with Crippen molar-refractivity contribution in [2.24, 2.45) is 0 Å². The number of ether oxygens (including phenoxy) is 1. The largest absolute Gasteiger partial charge is 0.508 e. The minimum atomic E-state index is -4.70. The van der Waals surface area contributed by atoms with Gasteiger partial charge < -0.3 is 9.84 Å². The monoisotopic (exact) mass is 529 g/mol. The molecule has 2 heterocycles. The Balaban J connectivity index is 0.000000226. The van der Waals surface area contributed by atoms with E-state index in [2.05, 4.69) is 9.97 Å². The Morgan fingerprint density at radius 1 is 0.821 bits per heavy atom. The smallest absolute Gasteiger partial charge is 0.416 e. The Hall–Kier alpha value is -5.75. The van der Waals surface area contributed by atoms with Crippen LogP contribution in [0.2, 0.25) is 0 Å². The summed E-state index contributed by atoms with van der Waals surface area (Å²) >= 11 is 0. The molecule has 0 fully saturated rings. The fraction of sp³-hybridized carbons (Fsp3) is 0.0370. The number of pyridine rings is 2. The molecule has 0 saturated carbocycles. The van der Waals surface area contributed by atoms with Crippen LogP contribution in [-0.2, 0) is 6.18 Å². The predicted molar refractivity (Wildman–Crippen MR) is 133 cm³/mol. The number of phenolic OH excluding ortho intramolecular Hbond substituents is 1. The summed E-state index contributed by atoms with van der Waals surface area (Å²) in [5.41, 5.74) is -0.0842. The molecule has 0 unspecified atom stereocenters. The van der Waals surface area contributed by atoms with E-state index < -0.39 is 22.4 Å². The normalized spacial score (nSPS) is 10.7. The summed E-state index contributed by atoms with van der Waals surface area (Å²) in [7, 11) is 0. The van der Waals surface area contributed by atoms with Gasteiger partial charge in [0.25, 0.3) is 0 Å². The molecular weight excluding hydrogens is 515 g/mol. The van der Waals surface area contributed by atoms with Crippen molar-refractivity contribution in [2.75, 3.05) is 0 Å². The van der Waals surface area contributed by atoms with Gasteiger partial charge in [0, 0.05) is 16.8 Å². The first kappa shape index (κ1) is 26.3. The molecule has 1 N–H and O–H groups in total. The molecule has 39 heavy (non-hydrogen) atoms. The Morgan fingerprint density at radius 2 is 1.41 bits per heavy atom. The van der Waals surface area contributed by atoms with E-state index in [1.807, 2.05) is 12.1 Å². The number of nitriles is 2. The SMILES string of the molecule is N#Cc1ccc2cc(O)ccc2n1.N#Cc1ccc2cc(Oc3ccc(C(F)(F)F)cc3[N+](=O)[O-])ccc2n1. The van der Waals surface area contributed by atoms with Gasteiger partial charge >= 0.3 is 11.9 Å². The molecule has 0 aliphatic carbocycles. The fourth-order valence-electron chi connectivity index (χ4n) is 3.45. The molecule has 9 nitrogen and oxygen atoms in total. The number of hydrogen-bond acceptors (Lipinski definition) is 8. The van der Waals surface area contributed by atoms with Crippen LogP contribution >= 0.6 is 0 Å². The van der Waals surface area contributed by atoms with Crippen molar-refractivity contribution < 1.29 is 27.9 Å². The number of halogens is 3. The van der Waals surface area contributed by atoms with Gasteiger partial charge in [-0.15, -0.1) is 0 Å². The van der Waals surface area contributed by atoms with Crippen molar-refractivity contribution in [2.45, 2.75) is 6.18 Å². The number of benzene rings is 3. The topological polar surface area (TPSA) is 146 Å². The number of nitrogens with zero attached hydrogens (tertiary/aromatic N) is 5. The van der Waals surface area contributed by atoms with E-state index in [-0.39, 0.29) is 22.9 Å².